The Hall–Kier alpha value is -2.66. The molecule has 1 heterocycles. The standard InChI is InChI=1S/C23H24BrN3O/c1-16-9-11-21(14-22(16)24)27-17(2)13-20(18(27)3)15-25-26-23(28)12-10-19-7-5-4-6-8-19/h4-9,11,13-15H,10,12H2,1-3H3,(H,26,28)/b25-15-. The van der Waals surface area contributed by atoms with Crippen molar-refractivity contribution < 1.29 is 4.79 Å². The summed E-state index contributed by atoms with van der Waals surface area (Å²) in [5.41, 5.74) is 9.25. The summed E-state index contributed by atoms with van der Waals surface area (Å²) in [5.74, 6) is -0.0867. The fraction of sp³-hybridized carbons (Fsp3) is 0.217. The highest BCUT2D eigenvalue weighted by Crippen LogP contribution is 2.24. The van der Waals surface area contributed by atoms with Crippen LogP contribution in [0.1, 0.15) is 34.5 Å². The number of hydrazone groups is 1. The van der Waals surface area contributed by atoms with Crippen molar-refractivity contribution in [3.8, 4) is 5.69 Å². The molecule has 0 radical (unpaired) electrons. The van der Waals surface area contributed by atoms with Crippen molar-refractivity contribution in [1.82, 2.24) is 9.99 Å². The average molecular weight is 438 g/mol. The van der Waals surface area contributed by atoms with Crippen LogP contribution in [0.3, 0.4) is 0 Å². The molecule has 0 spiro atoms. The van der Waals surface area contributed by atoms with Crippen molar-refractivity contribution >= 4 is 28.1 Å². The first-order chi connectivity index (χ1) is 13.5. The van der Waals surface area contributed by atoms with Gasteiger partial charge in [0.25, 0.3) is 0 Å². The van der Waals surface area contributed by atoms with Gasteiger partial charge in [-0.15, -0.1) is 0 Å². The first-order valence-electron chi connectivity index (χ1n) is 9.27. The van der Waals surface area contributed by atoms with E-state index in [1.807, 2.05) is 30.3 Å². The van der Waals surface area contributed by atoms with Crippen LogP contribution >= 0.6 is 15.9 Å². The summed E-state index contributed by atoms with van der Waals surface area (Å²) >= 11 is 3.60. The van der Waals surface area contributed by atoms with Gasteiger partial charge in [0.15, 0.2) is 0 Å². The van der Waals surface area contributed by atoms with E-state index >= 15 is 0 Å². The fourth-order valence-corrected chi connectivity index (χ4v) is 3.54. The van der Waals surface area contributed by atoms with E-state index in [0.717, 1.165) is 32.7 Å². The normalized spacial score (nSPS) is 11.1. The Morgan fingerprint density at radius 2 is 1.86 bits per heavy atom. The van der Waals surface area contributed by atoms with Crippen molar-refractivity contribution in [2.75, 3.05) is 0 Å². The molecule has 0 atom stereocenters. The highest BCUT2D eigenvalue weighted by atomic mass is 79.9. The number of hydrogen-bond acceptors (Lipinski definition) is 2. The molecule has 28 heavy (non-hydrogen) atoms. The molecule has 3 aromatic rings. The first-order valence-corrected chi connectivity index (χ1v) is 10.1. The second-order valence-electron chi connectivity index (χ2n) is 6.87. The van der Waals surface area contributed by atoms with Gasteiger partial charge in [0.2, 0.25) is 5.91 Å². The van der Waals surface area contributed by atoms with E-state index in [1.165, 1.54) is 5.56 Å². The summed E-state index contributed by atoms with van der Waals surface area (Å²) in [7, 11) is 0. The zero-order chi connectivity index (χ0) is 20.1. The number of benzene rings is 2. The number of carbonyl (C=O) groups is 1. The molecule has 0 saturated heterocycles. The molecule has 0 unspecified atom stereocenters. The minimum Gasteiger partial charge on any atom is -0.318 e. The quantitative estimate of drug-likeness (QED) is 0.415. The van der Waals surface area contributed by atoms with Gasteiger partial charge in [-0.3, -0.25) is 4.79 Å². The summed E-state index contributed by atoms with van der Waals surface area (Å²) in [6.45, 7) is 6.19. The van der Waals surface area contributed by atoms with Gasteiger partial charge in [0.1, 0.15) is 0 Å². The molecule has 0 fully saturated rings. The fourth-order valence-electron chi connectivity index (χ4n) is 3.17. The maximum Gasteiger partial charge on any atom is 0.240 e. The van der Waals surface area contributed by atoms with Gasteiger partial charge in [0.05, 0.1) is 6.21 Å². The molecule has 1 aromatic heterocycles. The second-order valence-corrected chi connectivity index (χ2v) is 7.73. The third kappa shape index (κ3) is 4.78. The highest BCUT2D eigenvalue weighted by molar-refractivity contribution is 9.10. The van der Waals surface area contributed by atoms with Crippen LogP contribution in [0.5, 0.6) is 0 Å². The largest absolute Gasteiger partial charge is 0.318 e. The van der Waals surface area contributed by atoms with Crippen molar-refractivity contribution in [2.24, 2.45) is 5.10 Å². The van der Waals surface area contributed by atoms with Crippen LogP contribution in [0.4, 0.5) is 0 Å². The molecule has 3 rings (SSSR count). The average Bonchev–Trinajstić information content (AvgIpc) is 2.97. The van der Waals surface area contributed by atoms with Crippen LogP contribution in [0.2, 0.25) is 0 Å². The molecule has 1 amide bonds. The Bertz CT molecular complexity index is 1010. The van der Waals surface area contributed by atoms with Gasteiger partial charge < -0.3 is 4.57 Å². The van der Waals surface area contributed by atoms with E-state index in [2.05, 4.69) is 76.1 Å². The van der Waals surface area contributed by atoms with Crippen molar-refractivity contribution in [3.63, 3.8) is 0 Å². The lowest BCUT2D eigenvalue weighted by molar-refractivity contribution is -0.121. The predicted molar refractivity (Wildman–Crippen MR) is 118 cm³/mol. The molecule has 0 aliphatic carbocycles. The predicted octanol–water partition coefficient (Wildman–Crippen LogP) is 5.25. The number of nitrogens with one attached hydrogen (secondary N) is 1. The summed E-state index contributed by atoms with van der Waals surface area (Å²) in [6, 6.07) is 18.4. The SMILES string of the molecule is Cc1ccc(-n2c(C)cc(/C=N\NC(=O)CCc3ccccc3)c2C)cc1Br. The third-order valence-electron chi connectivity index (χ3n) is 4.76. The Morgan fingerprint density at radius 3 is 2.57 bits per heavy atom. The summed E-state index contributed by atoms with van der Waals surface area (Å²) < 4.78 is 3.27. The number of aromatic nitrogens is 1. The van der Waals surface area contributed by atoms with E-state index in [0.29, 0.717) is 12.8 Å². The summed E-state index contributed by atoms with van der Waals surface area (Å²) in [6.07, 6.45) is 2.83. The molecule has 0 aliphatic rings. The van der Waals surface area contributed by atoms with E-state index in [9.17, 15) is 4.79 Å². The lowest BCUT2D eigenvalue weighted by Crippen LogP contribution is -2.17. The summed E-state index contributed by atoms with van der Waals surface area (Å²) in [4.78, 5) is 12.0. The zero-order valence-electron chi connectivity index (χ0n) is 16.4. The second kappa shape index (κ2) is 9.02. The van der Waals surface area contributed by atoms with E-state index in [-0.39, 0.29) is 5.91 Å². The molecule has 2 aromatic carbocycles. The number of carbonyl (C=O) groups excluding carboxylic acids is 1. The van der Waals surface area contributed by atoms with E-state index < -0.39 is 0 Å². The molecule has 0 aliphatic heterocycles. The number of nitrogens with zero attached hydrogens (tertiary/aromatic N) is 2. The Balaban J connectivity index is 1.66. The molecule has 0 saturated carbocycles. The third-order valence-corrected chi connectivity index (χ3v) is 5.61. The lowest BCUT2D eigenvalue weighted by Gasteiger charge is -2.11. The van der Waals surface area contributed by atoms with Crippen molar-refractivity contribution in [2.45, 2.75) is 33.6 Å². The van der Waals surface area contributed by atoms with Crippen LogP contribution in [0, 0.1) is 20.8 Å². The van der Waals surface area contributed by atoms with Crippen LogP contribution in [-0.2, 0) is 11.2 Å². The first kappa shape index (κ1) is 20.1. The molecular weight excluding hydrogens is 414 g/mol. The smallest absolute Gasteiger partial charge is 0.240 e. The van der Waals surface area contributed by atoms with Crippen LogP contribution in [-0.4, -0.2) is 16.7 Å². The van der Waals surface area contributed by atoms with Gasteiger partial charge in [-0.05, 0) is 56.5 Å². The number of halogens is 1. The Morgan fingerprint density at radius 1 is 1.11 bits per heavy atom. The minimum absolute atomic E-state index is 0.0867. The van der Waals surface area contributed by atoms with E-state index in [4.69, 9.17) is 0 Å². The zero-order valence-corrected chi connectivity index (χ0v) is 18.0. The Kier molecular flexibility index (Phi) is 6.47. The van der Waals surface area contributed by atoms with Gasteiger partial charge >= 0.3 is 0 Å². The summed E-state index contributed by atoms with van der Waals surface area (Å²) in [5, 5.41) is 4.15. The van der Waals surface area contributed by atoms with Crippen molar-refractivity contribution in [3.05, 3.63) is 87.1 Å². The maximum absolute atomic E-state index is 12.0. The molecule has 144 valence electrons. The van der Waals surface area contributed by atoms with Gasteiger partial charge in [-0.2, -0.15) is 5.10 Å². The molecule has 0 bridgehead atoms. The van der Waals surface area contributed by atoms with Gasteiger partial charge in [0, 0.05) is 33.5 Å². The van der Waals surface area contributed by atoms with Crippen LogP contribution in [0.15, 0.2) is 64.2 Å². The maximum atomic E-state index is 12.0. The van der Waals surface area contributed by atoms with Gasteiger partial charge in [-0.1, -0.05) is 52.3 Å². The highest BCUT2D eigenvalue weighted by Gasteiger charge is 2.10. The lowest BCUT2D eigenvalue weighted by atomic mass is 10.1. The monoisotopic (exact) mass is 437 g/mol. The number of aryl methyl sites for hydroxylation is 3. The van der Waals surface area contributed by atoms with Crippen LogP contribution in [0.25, 0.3) is 5.69 Å². The number of hydrogen-bond donors (Lipinski definition) is 1. The molecular formula is C23H24BrN3O. The molecule has 1 N–H and O–H groups in total. The topological polar surface area (TPSA) is 46.4 Å². The van der Waals surface area contributed by atoms with Gasteiger partial charge in [-0.25, -0.2) is 5.43 Å². The molecule has 5 heteroatoms. The van der Waals surface area contributed by atoms with Crippen LogP contribution < -0.4 is 5.43 Å². The molecule has 4 nitrogen and oxygen atoms in total. The number of rotatable bonds is 6. The number of amides is 1. The van der Waals surface area contributed by atoms with E-state index in [1.54, 1.807) is 6.21 Å². The van der Waals surface area contributed by atoms with Crippen molar-refractivity contribution in [1.29, 1.82) is 0 Å². The minimum atomic E-state index is -0.0867. The Labute approximate surface area is 174 Å².